The zero-order valence-corrected chi connectivity index (χ0v) is 12.7. The fourth-order valence-electron chi connectivity index (χ4n) is 1.95. The Hall–Kier alpha value is -1.95. The Morgan fingerprint density at radius 3 is 2.43 bits per heavy atom. The standard InChI is InChI=1S/C15H21NO5/c1-14(2,3)21-13(18)16-10-7-9(15(19)5-6-15)8-11(20-4)12(10)17/h7-8,17,19H,5-6H2,1-4H3,(H,16,18). The van der Waals surface area contributed by atoms with Gasteiger partial charge in [0.1, 0.15) is 5.60 Å². The molecule has 21 heavy (non-hydrogen) atoms. The molecule has 1 aromatic carbocycles. The fraction of sp³-hybridized carbons (Fsp3) is 0.533. The molecule has 1 aromatic rings. The molecule has 1 saturated carbocycles. The van der Waals surface area contributed by atoms with Crippen molar-refractivity contribution in [2.75, 3.05) is 12.4 Å². The van der Waals surface area contributed by atoms with Gasteiger partial charge in [-0.15, -0.1) is 0 Å². The lowest BCUT2D eigenvalue weighted by Gasteiger charge is -2.21. The summed E-state index contributed by atoms with van der Waals surface area (Å²) >= 11 is 0. The normalized spacial score (nSPS) is 16.2. The zero-order valence-electron chi connectivity index (χ0n) is 12.7. The van der Waals surface area contributed by atoms with E-state index in [4.69, 9.17) is 9.47 Å². The first-order valence-electron chi connectivity index (χ1n) is 6.78. The summed E-state index contributed by atoms with van der Waals surface area (Å²) < 4.78 is 10.2. The Bertz CT molecular complexity index is 558. The van der Waals surface area contributed by atoms with Crippen LogP contribution in [0.3, 0.4) is 0 Å². The minimum atomic E-state index is -0.897. The van der Waals surface area contributed by atoms with Crippen molar-refractivity contribution in [1.29, 1.82) is 0 Å². The van der Waals surface area contributed by atoms with E-state index in [1.807, 2.05) is 0 Å². The maximum atomic E-state index is 11.8. The van der Waals surface area contributed by atoms with Crippen LogP contribution in [-0.4, -0.2) is 29.0 Å². The molecule has 0 radical (unpaired) electrons. The van der Waals surface area contributed by atoms with E-state index in [-0.39, 0.29) is 17.2 Å². The van der Waals surface area contributed by atoms with Gasteiger partial charge in [0, 0.05) is 0 Å². The van der Waals surface area contributed by atoms with Crippen LogP contribution in [0.5, 0.6) is 11.5 Å². The number of hydrogen-bond acceptors (Lipinski definition) is 5. The fourth-order valence-corrected chi connectivity index (χ4v) is 1.95. The first-order valence-corrected chi connectivity index (χ1v) is 6.78. The molecule has 0 unspecified atom stereocenters. The monoisotopic (exact) mass is 295 g/mol. The Morgan fingerprint density at radius 1 is 1.33 bits per heavy atom. The number of aromatic hydroxyl groups is 1. The van der Waals surface area contributed by atoms with Gasteiger partial charge in [-0.1, -0.05) is 0 Å². The second-order valence-electron chi connectivity index (χ2n) is 6.23. The number of carbonyl (C=O) groups is 1. The van der Waals surface area contributed by atoms with E-state index in [2.05, 4.69) is 5.32 Å². The van der Waals surface area contributed by atoms with Gasteiger partial charge in [0.2, 0.25) is 0 Å². The predicted molar refractivity (Wildman–Crippen MR) is 77.6 cm³/mol. The van der Waals surface area contributed by atoms with Crippen LogP contribution in [0.2, 0.25) is 0 Å². The van der Waals surface area contributed by atoms with Crippen molar-refractivity contribution in [2.24, 2.45) is 0 Å². The number of hydrogen-bond donors (Lipinski definition) is 3. The molecule has 0 heterocycles. The van der Waals surface area contributed by atoms with Crippen molar-refractivity contribution >= 4 is 11.8 Å². The molecule has 6 heteroatoms. The van der Waals surface area contributed by atoms with Crippen molar-refractivity contribution in [1.82, 2.24) is 0 Å². The molecule has 0 atom stereocenters. The van der Waals surface area contributed by atoms with Crippen molar-refractivity contribution in [2.45, 2.75) is 44.8 Å². The maximum absolute atomic E-state index is 11.8. The van der Waals surface area contributed by atoms with Crippen LogP contribution in [0.4, 0.5) is 10.5 Å². The molecular weight excluding hydrogens is 274 g/mol. The Balaban J connectivity index is 2.28. The van der Waals surface area contributed by atoms with Crippen molar-refractivity contribution in [3.8, 4) is 11.5 Å². The molecule has 1 aliphatic carbocycles. The second kappa shape index (κ2) is 5.11. The Labute approximate surface area is 123 Å². The summed E-state index contributed by atoms with van der Waals surface area (Å²) in [4.78, 5) is 11.8. The van der Waals surface area contributed by atoms with E-state index in [1.165, 1.54) is 13.2 Å². The molecule has 0 spiro atoms. The summed E-state index contributed by atoms with van der Waals surface area (Å²) in [7, 11) is 1.41. The highest BCUT2D eigenvalue weighted by molar-refractivity contribution is 5.88. The summed E-state index contributed by atoms with van der Waals surface area (Å²) in [5.41, 5.74) is -0.788. The summed E-state index contributed by atoms with van der Waals surface area (Å²) in [6.07, 6.45) is 0.611. The SMILES string of the molecule is COc1cc(C2(O)CC2)cc(NC(=O)OC(C)(C)C)c1O. The van der Waals surface area contributed by atoms with Crippen molar-refractivity contribution in [3.05, 3.63) is 17.7 Å². The van der Waals surface area contributed by atoms with Crippen LogP contribution in [0.1, 0.15) is 39.2 Å². The molecule has 1 aliphatic rings. The molecule has 1 fully saturated rings. The van der Waals surface area contributed by atoms with E-state index in [1.54, 1.807) is 26.8 Å². The minimum Gasteiger partial charge on any atom is -0.503 e. The first kappa shape index (κ1) is 15.4. The van der Waals surface area contributed by atoms with Gasteiger partial charge < -0.3 is 19.7 Å². The quantitative estimate of drug-likeness (QED) is 0.746. The molecule has 0 aromatic heterocycles. The van der Waals surface area contributed by atoms with Crippen molar-refractivity contribution in [3.63, 3.8) is 0 Å². The van der Waals surface area contributed by atoms with E-state index in [0.717, 1.165) is 0 Å². The highest BCUT2D eigenvalue weighted by Gasteiger charge is 2.43. The van der Waals surface area contributed by atoms with Gasteiger partial charge >= 0.3 is 6.09 Å². The van der Waals surface area contributed by atoms with Crippen molar-refractivity contribution < 1.29 is 24.5 Å². The number of benzene rings is 1. The molecule has 0 aliphatic heterocycles. The number of phenolic OH excluding ortho intramolecular Hbond substituents is 1. The Morgan fingerprint density at radius 2 is 1.95 bits per heavy atom. The van der Waals surface area contributed by atoms with Gasteiger partial charge in [-0.3, -0.25) is 5.32 Å². The summed E-state index contributed by atoms with van der Waals surface area (Å²) in [5, 5.41) is 22.7. The lowest BCUT2D eigenvalue weighted by Crippen LogP contribution is -2.27. The highest BCUT2D eigenvalue weighted by Crippen LogP contribution is 2.49. The first-order chi connectivity index (χ1) is 9.64. The van der Waals surface area contributed by atoms with Crippen LogP contribution in [0.15, 0.2) is 12.1 Å². The number of phenols is 1. The van der Waals surface area contributed by atoms with Gasteiger partial charge in [-0.25, -0.2) is 4.79 Å². The predicted octanol–water partition coefficient (Wildman–Crippen LogP) is 2.73. The number of ether oxygens (including phenoxy) is 2. The largest absolute Gasteiger partial charge is 0.503 e. The van der Waals surface area contributed by atoms with Crippen LogP contribution >= 0.6 is 0 Å². The van der Waals surface area contributed by atoms with Crippen LogP contribution in [-0.2, 0) is 10.3 Å². The maximum Gasteiger partial charge on any atom is 0.412 e. The number of aliphatic hydroxyl groups is 1. The van der Waals surface area contributed by atoms with Gasteiger partial charge in [0.15, 0.2) is 11.5 Å². The molecule has 2 rings (SSSR count). The molecule has 116 valence electrons. The molecular formula is C15H21NO5. The number of amides is 1. The van der Waals surface area contributed by atoms with Crippen LogP contribution in [0, 0.1) is 0 Å². The minimum absolute atomic E-state index is 0.152. The summed E-state index contributed by atoms with van der Waals surface area (Å²) in [6.45, 7) is 5.24. The summed E-state index contributed by atoms with van der Waals surface area (Å²) in [5.74, 6) is -0.00440. The van der Waals surface area contributed by atoms with Gasteiger partial charge in [0.25, 0.3) is 0 Å². The number of methoxy groups -OCH3 is 1. The molecule has 0 bridgehead atoms. The third-order valence-electron chi connectivity index (χ3n) is 3.19. The zero-order chi connectivity index (χ0) is 15.8. The number of rotatable bonds is 3. The number of nitrogens with one attached hydrogen (secondary N) is 1. The third kappa shape index (κ3) is 3.58. The summed E-state index contributed by atoms with van der Waals surface area (Å²) in [6, 6.07) is 3.11. The van der Waals surface area contributed by atoms with Gasteiger partial charge in [-0.05, 0) is 51.3 Å². The number of carbonyl (C=O) groups excluding carboxylic acids is 1. The lowest BCUT2D eigenvalue weighted by atomic mass is 10.1. The molecule has 3 N–H and O–H groups in total. The molecule has 0 saturated heterocycles. The lowest BCUT2D eigenvalue weighted by molar-refractivity contribution is 0.0635. The average molecular weight is 295 g/mol. The smallest absolute Gasteiger partial charge is 0.412 e. The average Bonchev–Trinajstić information content (AvgIpc) is 3.08. The van der Waals surface area contributed by atoms with Gasteiger partial charge in [0.05, 0.1) is 18.4 Å². The second-order valence-corrected chi connectivity index (χ2v) is 6.23. The van der Waals surface area contributed by atoms with Gasteiger partial charge in [-0.2, -0.15) is 0 Å². The number of anilines is 1. The van der Waals surface area contributed by atoms with E-state index < -0.39 is 17.3 Å². The highest BCUT2D eigenvalue weighted by atomic mass is 16.6. The Kier molecular flexibility index (Phi) is 3.76. The van der Waals surface area contributed by atoms with E-state index in [9.17, 15) is 15.0 Å². The third-order valence-corrected chi connectivity index (χ3v) is 3.19. The molecule has 1 amide bonds. The van der Waals surface area contributed by atoms with Crippen LogP contribution in [0.25, 0.3) is 0 Å². The molecule has 6 nitrogen and oxygen atoms in total. The van der Waals surface area contributed by atoms with E-state index in [0.29, 0.717) is 18.4 Å². The van der Waals surface area contributed by atoms with Crippen LogP contribution < -0.4 is 10.1 Å². The topological polar surface area (TPSA) is 88.0 Å². The van der Waals surface area contributed by atoms with E-state index >= 15 is 0 Å².